The zero-order chi connectivity index (χ0) is 13.5. The summed E-state index contributed by atoms with van der Waals surface area (Å²) in [7, 11) is 1.68. The molecule has 1 aromatic rings. The van der Waals surface area contributed by atoms with Gasteiger partial charge in [0.1, 0.15) is 17.6 Å². The fourth-order valence-electron chi connectivity index (χ4n) is 2.63. The molecule has 3 heteroatoms. The van der Waals surface area contributed by atoms with E-state index in [0.29, 0.717) is 12.1 Å². The quantitative estimate of drug-likeness (QED) is 0.853. The molecule has 2 atom stereocenters. The van der Waals surface area contributed by atoms with Gasteiger partial charge in [0.15, 0.2) is 0 Å². The molecule has 2 rings (SSSR count). The van der Waals surface area contributed by atoms with E-state index in [9.17, 15) is 0 Å². The summed E-state index contributed by atoms with van der Waals surface area (Å²) in [6.45, 7) is 3.28. The smallest absolute Gasteiger partial charge is 0.120 e. The number of ether oxygens (including phenoxy) is 2. The first-order valence-corrected chi connectivity index (χ1v) is 7.37. The standard InChI is InChI=1S/C16H25NO2/c1-3-12-17-15-6-4-5-7-16(15)19-14-10-8-13(18-2)9-11-14/h8-11,15-17H,3-7,12H2,1-2H3. The van der Waals surface area contributed by atoms with Gasteiger partial charge in [-0.05, 0) is 56.5 Å². The average Bonchev–Trinajstić information content (AvgIpc) is 2.47. The van der Waals surface area contributed by atoms with Crippen molar-refractivity contribution in [2.75, 3.05) is 13.7 Å². The third-order valence-electron chi connectivity index (χ3n) is 3.71. The zero-order valence-electron chi connectivity index (χ0n) is 12.0. The Morgan fingerprint density at radius 3 is 2.47 bits per heavy atom. The molecule has 19 heavy (non-hydrogen) atoms. The lowest BCUT2D eigenvalue weighted by Crippen LogP contribution is -2.45. The van der Waals surface area contributed by atoms with Crippen molar-refractivity contribution in [2.45, 2.75) is 51.2 Å². The fourth-order valence-corrected chi connectivity index (χ4v) is 2.63. The summed E-state index contributed by atoms with van der Waals surface area (Å²) in [5.41, 5.74) is 0. The first kappa shape index (κ1) is 14.2. The Bertz CT molecular complexity index is 364. The maximum absolute atomic E-state index is 6.15. The minimum atomic E-state index is 0.300. The molecule has 0 amide bonds. The molecule has 0 aromatic heterocycles. The summed E-state index contributed by atoms with van der Waals surface area (Å²) in [6.07, 6.45) is 6.42. The largest absolute Gasteiger partial charge is 0.497 e. The minimum Gasteiger partial charge on any atom is -0.497 e. The van der Waals surface area contributed by atoms with Gasteiger partial charge in [0.05, 0.1) is 7.11 Å². The summed E-state index contributed by atoms with van der Waals surface area (Å²) >= 11 is 0. The molecule has 3 nitrogen and oxygen atoms in total. The number of rotatable bonds is 6. The number of hydrogen-bond donors (Lipinski definition) is 1. The fraction of sp³-hybridized carbons (Fsp3) is 0.625. The molecule has 1 aromatic carbocycles. The van der Waals surface area contributed by atoms with Gasteiger partial charge in [-0.15, -0.1) is 0 Å². The molecule has 1 N–H and O–H groups in total. The Morgan fingerprint density at radius 1 is 1.11 bits per heavy atom. The lowest BCUT2D eigenvalue weighted by atomic mass is 9.92. The molecule has 106 valence electrons. The van der Waals surface area contributed by atoms with E-state index in [4.69, 9.17) is 9.47 Å². The van der Waals surface area contributed by atoms with Crippen LogP contribution < -0.4 is 14.8 Å². The monoisotopic (exact) mass is 263 g/mol. The molecule has 1 aliphatic carbocycles. The van der Waals surface area contributed by atoms with Crippen LogP contribution in [-0.2, 0) is 0 Å². The highest BCUT2D eigenvalue weighted by molar-refractivity contribution is 5.31. The van der Waals surface area contributed by atoms with E-state index >= 15 is 0 Å². The minimum absolute atomic E-state index is 0.300. The van der Waals surface area contributed by atoms with Crippen LogP contribution in [0.1, 0.15) is 39.0 Å². The molecule has 1 saturated carbocycles. The third-order valence-corrected chi connectivity index (χ3v) is 3.71. The summed E-state index contributed by atoms with van der Waals surface area (Å²) < 4.78 is 11.3. The van der Waals surface area contributed by atoms with Gasteiger partial charge in [-0.2, -0.15) is 0 Å². The van der Waals surface area contributed by atoms with Crippen LogP contribution in [0.5, 0.6) is 11.5 Å². The molecular formula is C16H25NO2. The van der Waals surface area contributed by atoms with Crippen LogP contribution in [0.15, 0.2) is 24.3 Å². The average molecular weight is 263 g/mol. The molecule has 0 spiro atoms. The normalized spacial score (nSPS) is 23.1. The molecule has 2 unspecified atom stereocenters. The summed E-state index contributed by atoms with van der Waals surface area (Å²) in [4.78, 5) is 0. The van der Waals surface area contributed by atoms with Crippen molar-refractivity contribution in [1.29, 1.82) is 0 Å². The highest BCUT2D eigenvalue weighted by Gasteiger charge is 2.26. The van der Waals surface area contributed by atoms with Gasteiger partial charge in [0.2, 0.25) is 0 Å². The highest BCUT2D eigenvalue weighted by atomic mass is 16.5. The van der Waals surface area contributed by atoms with Gasteiger partial charge < -0.3 is 14.8 Å². The van der Waals surface area contributed by atoms with Gasteiger partial charge in [-0.1, -0.05) is 13.3 Å². The van der Waals surface area contributed by atoms with E-state index in [1.165, 1.54) is 25.7 Å². The molecule has 1 fully saturated rings. The second kappa shape index (κ2) is 7.39. The van der Waals surface area contributed by atoms with Crippen LogP contribution in [0.25, 0.3) is 0 Å². The van der Waals surface area contributed by atoms with Gasteiger partial charge >= 0.3 is 0 Å². The second-order valence-corrected chi connectivity index (χ2v) is 5.18. The maximum atomic E-state index is 6.15. The molecule has 0 radical (unpaired) electrons. The van der Waals surface area contributed by atoms with Crippen molar-refractivity contribution in [2.24, 2.45) is 0 Å². The Hall–Kier alpha value is -1.22. The summed E-state index contributed by atoms with van der Waals surface area (Å²) in [5, 5.41) is 3.61. The third kappa shape index (κ3) is 4.13. The SMILES string of the molecule is CCCNC1CCCCC1Oc1ccc(OC)cc1. The van der Waals surface area contributed by atoms with Crippen LogP contribution >= 0.6 is 0 Å². The van der Waals surface area contributed by atoms with E-state index in [0.717, 1.165) is 24.5 Å². The molecule has 0 heterocycles. The van der Waals surface area contributed by atoms with Crippen LogP contribution in [0.4, 0.5) is 0 Å². The number of benzene rings is 1. The van der Waals surface area contributed by atoms with E-state index in [-0.39, 0.29) is 0 Å². The Labute approximate surface area is 116 Å². The van der Waals surface area contributed by atoms with E-state index < -0.39 is 0 Å². The van der Waals surface area contributed by atoms with E-state index in [2.05, 4.69) is 12.2 Å². The van der Waals surface area contributed by atoms with Crippen molar-refractivity contribution in [1.82, 2.24) is 5.32 Å². The maximum Gasteiger partial charge on any atom is 0.120 e. The lowest BCUT2D eigenvalue weighted by Gasteiger charge is -2.32. The molecule has 1 aliphatic rings. The molecular weight excluding hydrogens is 238 g/mol. The lowest BCUT2D eigenvalue weighted by molar-refractivity contribution is 0.114. The van der Waals surface area contributed by atoms with Gasteiger partial charge in [0.25, 0.3) is 0 Å². The van der Waals surface area contributed by atoms with Crippen molar-refractivity contribution in [3.63, 3.8) is 0 Å². The van der Waals surface area contributed by atoms with E-state index in [1.807, 2.05) is 24.3 Å². The highest BCUT2D eigenvalue weighted by Crippen LogP contribution is 2.25. The summed E-state index contributed by atoms with van der Waals surface area (Å²) in [6, 6.07) is 8.38. The predicted octanol–water partition coefficient (Wildman–Crippen LogP) is 3.38. The van der Waals surface area contributed by atoms with Gasteiger partial charge in [0, 0.05) is 6.04 Å². The number of nitrogens with one attached hydrogen (secondary N) is 1. The zero-order valence-corrected chi connectivity index (χ0v) is 12.0. The van der Waals surface area contributed by atoms with Crippen molar-refractivity contribution in [3.05, 3.63) is 24.3 Å². The Balaban J connectivity index is 1.93. The topological polar surface area (TPSA) is 30.5 Å². The van der Waals surface area contributed by atoms with Crippen molar-refractivity contribution in [3.8, 4) is 11.5 Å². The first-order valence-electron chi connectivity index (χ1n) is 7.37. The van der Waals surface area contributed by atoms with Crippen LogP contribution in [0.3, 0.4) is 0 Å². The van der Waals surface area contributed by atoms with Gasteiger partial charge in [-0.3, -0.25) is 0 Å². The van der Waals surface area contributed by atoms with Crippen molar-refractivity contribution < 1.29 is 9.47 Å². The van der Waals surface area contributed by atoms with Crippen LogP contribution in [-0.4, -0.2) is 25.8 Å². The second-order valence-electron chi connectivity index (χ2n) is 5.18. The van der Waals surface area contributed by atoms with Crippen LogP contribution in [0, 0.1) is 0 Å². The summed E-state index contributed by atoms with van der Waals surface area (Å²) in [5.74, 6) is 1.81. The number of hydrogen-bond acceptors (Lipinski definition) is 3. The van der Waals surface area contributed by atoms with Gasteiger partial charge in [-0.25, -0.2) is 0 Å². The number of methoxy groups -OCH3 is 1. The first-order chi connectivity index (χ1) is 9.33. The van der Waals surface area contributed by atoms with E-state index in [1.54, 1.807) is 7.11 Å². The van der Waals surface area contributed by atoms with Crippen molar-refractivity contribution >= 4 is 0 Å². The molecule has 0 bridgehead atoms. The molecule has 0 saturated heterocycles. The Kier molecular flexibility index (Phi) is 5.52. The van der Waals surface area contributed by atoms with Crippen LogP contribution in [0.2, 0.25) is 0 Å². The predicted molar refractivity (Wildman–Crippen MR) is 78.0 cm³/mol. The Morgan fingerprint density at radius 2 is 1.79 bits per heavy atom. The molecule has 0 aliphatic heterocycles.